The highest BCUT2D eigenvalue weighted by molar-refractivity contribution is 5.58. The summed E-state index contributed by atoms with van der Waals surface area (Å²) in [6, 6.07) is 3.62. The summed E-state index contributed by atoms with van der Waals surface area (Å²) in [6.45, 7) is 0. The number of halogens is 3. The van der Waals surface area contributed by atoms with Crippen molar-refractivity contribution in [2.75, 3.05) is 7.05 Å². The lowest BCUT2D eigenvalue weighted by Crippen LogP contribution is -2.29. The van der Waals surface area contributed by atoms with Crippen LogP contribution in [0.1, 0.15) is 22.9 Å². The largest absolute Gasteiger partial charge is 0.416 e. The molecule has 2 rings (SSSR count). The molecule has 0 amide bonds. The summed E-state index contributed by atoms with van der Waals surface area (Å²) in [5.74, 6) is 0. The van der Waals surface area contributed by atoms with Crippen LogP contribution in [0.4, 0.5) is 13.2 Å². The minimum Gasteiger partial charge on any atom is -0.361 e. The average Bonchev–Trinajstić information content (AvgIpc) is 2.22. The van der Waals surface area contributed by atoms with E-state index in [0.29, 0.717) is 11.1 Å². The summed E-state index contributed by atoms with van der Waals surface area (Å²) in [6.07, 6.45) is -1.39. The van der Waals surface area contributed by atoms with Gasteiger partial charge in [0.05, 0.1) is 5.56 Å². The van der Waals surface area contributed by atoms with Crippen LogP contribution in [-0.2, 0) is 6.18 Å². The summed E-state index contributed by atoms with van der Waals surface area (Å²) in [7, 11) is 1.78. The number of rotatable bonds is 0. The van der Waals surface area contributed by atoms with Gasteiger partial charge in [0.1, 0.15) is 6.17 Å². The van der Waals surface area contributed by atoms with Crippen LogP contribution in [0, 0.1) is 0 Å². The molecule has 1 aliphatic heterocycles. The minimum atomic E-state index is -4.31. The zero-order valence-corrected chi connectivity index (χ0v) is 8.62. The maximum atomic E-state index is 12.5. The van der Waals surface area contributed by atoms with Gasteiger partial charge in [-0.15, -0.1) is 0 Å². The van der Waals surface area contributed by atoms with Crippen molar-refractivity contribution in [2.24, 2.45) is 5.73 Å². The van der Waals surface area contributed by atoms with Crippen LogP contribution in [0.15, 0.2) is 24.4 Å². The Balaban J connectivity index is 2.48. The third-order valence-electron chi connectivity index (χ3n) is 2.66. The van der Waals surface area contributed by atoms with Crippen molar-refractivity contribution < 1.29 is 13.2 Å². The maximum Gasteiger partial charge on any atom is 0.416 e. The van der Waals surface area contributed by atoms with Crippen LogP contribution in [0.5, 0.6) is 0 Å². The highest BCUT2D eigenvalue weighted by Crippen LogP contribution is 2.33. The van der Waals surface area contributed by atoms with E-state index < -0.39 is 11.7 Å². The maximum absolute atomic E-state index is 12.5. The number of fused-ring (bicyclic) bond motifs is 1. The Kier molecular flexibility index (Phi) is 2.42. The first-order valence-corrected chi connectivity index (χ1v) is 4.76. The predicted octanol–water partition coefficient (Wildman–Crippen LogP) is 2.58. The zero-order valence-electron chi connectivity index (χ0n) is 8.62. The average molecular weight is 228 g/mol. The van der Waals surface area contributed by atoms with Crippen LogP contribution in [-0.4, -0.2) is 11.9 Å². The van der Waals surface area contributed by atoms with Gasteiger partial charge < -0.3 is 10.6 Å². The van der Waals surface area contributed by atoms with Gasteiger partial charge in [0.25, 0.3) is 0 Å². The lowest BCUT2D eigenvalue weighted by molar-refractivity contribution is -0.137. The van der Waals surface area contributed by atoms with Gasteiger partial charge in [0.2, 0.25) is 0 Å². The van der Waals surface area contributed by atoms with E-state index in [1.165, 1.54) is 6.07 Å². The number of nitrogens with zero attached hydrogens (tertiary/aromatic N) is 1. The van der Waals surface area contributed by atoms with E-state index in [0.717, 1.165) is 12.1 Å². The first-order valence-electron chi connectivity index (χ1n) is 4.76. The lowest BCUT2D eigenvalue weighted by Gasteiger charge is -2.28. The van der Waals surface area contributed by atoms with Crippen molar-refractivity contribution >= 4 is 6.08 Å². The molecule has 0 aliphatic carbocycles. The molecule has 0 radical (unpaired) electrons. The SMILES string of the molecule is CN1C=Cc2cc(C(F)(F)F)ccc2C1N. The van der Waals surface area contributed by atoms with Crippen LogP contribution in [0.2, 0.25) is 0 Å². The molecule has 1 heterocycles. The van der Waals surface area contributed by atoms with Crippen molar-refractivity contribution in [1.29, 1.82) is 0 Å². The third-order valence-corrected chi connectivity index (χ3v) is 2.66. The fourth-order valence-electron chi connectivity index (χ4n) is 1.67. The summed E-state index contributed by atoms with van der Waals surface area (Å²) in [4.78, 5) is 1.75. The smallest absolute Gasteiger partial charge is 0.361 e. The molecule has 5 heteroatoms. The Morgan fingerprint density at radius 1 is 1.31 bits per heavy atom. The molecule has 0 saturated carbocycles. The summed E-state index contributed by atoms with van der Waals surface area (Å²) in [5, 5.41) is 0. The van der Waals surface area contributed by atoms with Crippen LogP contribution in [0.3, 0.4) is 0 Å². The minimum absolute atomic E-state index is 0.387. The van der Waals surface area contributed by atoms with Crippen molar-refractivity contribution in [1.82, 2.24) is 4.90 Å². The second kappa shape index (κ2) is 3.52. The van der Waals surface area contributed by atoms with Crippen molar-refractivity contribution in [3.63, 3.8) is 0 Å². The van der Waals surface area contributed by atoms with E-state index in [4.69, 9.17) is 5.73 Å². The van der Waals surface area contributed by atoms with Gasteiger partial charge in [-0.3, -0.25) is 0 Å². The lowest BCUT2D eigenvalue weighted by atomic mass is 9.99. The number of hydrogen-bond donors (Lipinski definition) is 1. The highest BCUT2D eigenvalue weighted by Gasteiger charge is 2.31. The van der Waals surface area contributed by atoms with Crippen molar-refractivity contribution in [2.45, 2.75) is 12.3 Å². The van der Waals surface area contributed by atoms with Gasteiger partial charge in [-0.25, -0.2) is 0 Å². The molecule has 1 aromatic rings. The molecule has 1 aliphatic rings. The molecule has 0 spiro atoms. The van der Waals surface area contributed by atoms with E-state index in [2.05, 4.69) is 0 Å². The van der Waals surface area contributed by atoms with Crippen LogP contribution < -0.4 is 5.73 Å². The molecular formula is C11H11F3N2. The molecule has 1 aromatic carbocycles. The fourth-order valence-corrected chi connectivity index (χ4v) is 1.67. The van der Waals surface area contributed by atoms with Gasteiger partial charge in [0, 0.05) is 13.2 Å². The molecular weight excluding hydrogens is 217 g/mol. The van der Waals surface area contributed by atoms with E-state index in [-0.39, 0.29) is 6.17 Å². The highest BCUT2D eigenvalue weighted by atomic mass is 19.4. The second-order valence-electron chi connectivity index (χ2n) is 3.77. The van der Waals surface area contributed by atoms with E-state index in [9.17, 15) is 13.2 Å². The Bertz CT molecular complexity index is 437. The molecule has 0 fully saturated rings. The molecule has 86 valence electrons. The zero-order chi connectivity index (χ0) is 11.9. The van der Waals surface area contributed by atoms with Crippen molar-refractivity contribution in [3.8, 4) is 0 Å². The number of benzene rings is 1. The van der Waals surface area contributed by atoms with Crippen molar-refractivity contribution in [3.05, 3.63) is 41.1 Å². The Hall–Kier alpha value is -1.49. The Labute approximate surface area is 91.2 Å². The molecule has 0 bridgehead atoms. The molecule has 0 aromatic heterocycles. The van der Waals surface area contributed by atoms with E-state index >= 15 is 0 Å². The second-order valence-corrected chi connectivity index (χ2v) is 3.77. The Morgan fingerprint density at radius 3 is 2.62 bits per heavy atom. The van der Waals surface area contributed by atoms with Crippen LogP contribution >= 0.6 is 0 Å². The van der Waals surface area contributed by atoms with Gasteiger partial charge in [-0.05, 0) is 29.3 Å². The first kappa shape index (κ1) is 11.0. The summed E-state index contributed by atoms with van der Waals surface area (Å²) in [5.41, 5.74) is 6.43. The van der Waals surface area contributed by atoms with E-state index in [1.807, 2.05) is 0 Å². The molecule has 2 N–H and O–H groups in total. The topological polar surface area (TPSA) is 29.3 Å². The summed E-state index contributed by atoms with van der Waals surface area (Å²) >= 11 is 0. The van der Waals surface area contributed by atoms with E-state index in [1.54, 1.807) is 24.2 Å². The predicted molar refractivity (Wildman–Crippen MR) is 55.2 cm³/mol. The molecule has 0 saturated heterocycles. The fraction of sp³-hybridized carbons (Fsp3) is 0.273. The van der Waals surface area contributed by atoms with Gasteiger partial charge >= 0.3 is 6.18 Å². The standard InChI is InChI=1S/C11H11F3N2/c1-16-5-4-7-6-8(11(12,13)14)2-3-9(7)10(16)15/h2-6,10H,15H2,1H3. The third kappa shape index (κ3) is 1.78. The molecule has 1 unspecified atom stereocenters. The number of nitrogens with two attached hydrogens (primary N) is 1. The van der Waals surface area contributed by atoms with Crippen LogP contribution in [0.25, 0.3) is 6.08 Å². The summed E-state index contributed by atoms with van der Waals surface area (Å²) < 4.78 is 37.4. The first-order chi connectivity index (χ1) is 7.39. The normalized spacial score (nSPS) is 19.8. The van der Waals surface area contributed by atoms with Gasteiger partial charge in [-0.1, -0.05) is 6.07 Å². The monoisotopic (exact) mass is 228 g/mol. The van der Waals surface area contributed by atoms with Gasteiger partial charge in [-0.2, -0.15) is 13.2 Å². The molecule has 1 atom stereocenters. The quantitative estimate of drug-likeness (QED) is 0.739. The number of hydrogen-bond acceptors (Lipinski definition) is 2. The Morgan fingerprint density at radius 2 is 2.00 bits per heavy atom. The molecule has 16 heavy (non-hydrogen) atoms. The van der Waals surface area contributed by atoms with Gasteiger partial charge in [0.15, 0.2) is 0 Å². The molecule has 2 nitrogen and oxygen atoms in total. The number of alkyl halides is 3.